The zero-order valence-electron chi connectivity index (χ0n) is 20.8. The van der Waals surface area contributed by atoms with Crippen molar-refractivity contribution in [1.82, 2.24) is 4.98 Å². The Hall–Kier alpha value is -3.24. The van der Waals surface area contributed by atoms with Gasteiger partial charge in [-0.25, -0.2) is 4.98 Å². The van der Waals surface area contributed by atoms with E-state index in [2.05, 4.69) is 47.9 Å². The molecule has 1 heterocycles. The van der Waals surface area contributed by atoms with Crippen molar-refractivity contribution in [3.05, 3.63) is 60.3 Å². The summed E-state index contributed by atoms with van der Waals surface area (Å²) in [5, 5.41) is 4.66. The van der Waals surface area contributed by atoms with Crippen molar-refractivity contribution in [2.75, 3.05) is 31.5 Å². The highest BCUT2D eigenvalue weighted by molar-refractivity contribution is 7.64. The lowest BCUT2D eigenvalue weighted by molar-refractivity contribution is -0.110. The van der Waals surface area contributed by atoms with Gasteiger partial charge in [-0.3, -0.25) is 4.79 Å². The Bertz CT molecular complexity index is 1130. The molecule has 0 unspecified atom stereocenters. The smallest absolute Gasteiger partial charge is 0.166 e. The van der Waals surface area contributed by atoms with Crippen molar-refractivity contribution >= 4 is 42.5 Å². The Morgan fingerprint density at radius 2 is 1.82 bits per heavy atom. The third kappa shape index (κ3) is 7.13. The average molecular weight is 480 g/mol. The maximum absolute atomic E-state index is 12.3. The molecule has 0 saturated carbocycles. The van der Waals surface area contributed by atoms with Crippen LogP contribution >= 0.6 is 7.92 Å². The van der Waals surface area contributed by atoms with Crippen LogP contribution in [0.2, 0.25) is 0 Å². The molecule has 1 aromatic heterocycles. The van der Waals surface area contributed by atoms with E-state index in [1.807, 2.05) is 39.0 Å². The lowest BCUT2D eigenvalue weighted by Crippen LogP contribution is -2.06. The van der Waals surface area contributed by atoms with Crippen molar-refractivity contribution < 1.29 is 14.3 Å². The number of Topliss-reactive ketones (excluding diaryl/α,β-unsaturated/α-hetero) is 1. The molecular weight excluding hydrogens is 445 g/mol. The number of nitrogens with two attached hydrogens (primary N) is 1. The number of carbonyl (C=O) groups excluding carboxylic acids is 2. The summed E-state index contributed by atoms with van der Waals surface area (Å²) >= 11 is 0. The van der Waals surface area contributed by atoms with Crippen molar-refractivity contribution in [1.29, 1.82) is 0 Å². The molecule has 0 radical (unpaired) electrons. The van der Waals surface area contributed by atoms with Crippen LogP contribution in [0.5, 0.6) is 5.75 Å². The average Bonchev–Trinajstić information content (AvgIpc) is 2.84. The summed E-state index contributed by atoms with van der Waals surface area (Å²) in [5.41, 5.74) is 9.85. The van der Waals surface area contributed by atoms with E-state index in [-0.39, 0.29) is 19.6 Å². The van der Waals surface area contributed by atoms with Crippen LogP contribution in [-0.4, -0.2) is 37.5 Å². The molecule has 0 atom stereocenters. The summed E-state index contributed by atoms with van der Waals surface area (Å²) < 4.78 is 5.77. The van der Waals surface area contributed by atoms with Gasteiger partial charge in [0.15, 0.2) is 5.78 Å². The van der Waals surface area contributed by atoms with Gasteiger partial charge < -0.3 is 20.6 Å². The number of para-hydroxylation sites is 1. The molecule has 0 aliphatic carbocycles. The van der Waals surface area contributed by atoms with Crippen LogP contribution in [0.15, 0.2) is 54.7 Å². The largest absolute Gasteiger partial charge is 0.494 e. The van der Waals surface area contributed by atoms with E-state index in [0.29, 0.717) is 29.2 Å². The number of ether oxygens (including phenoxy) is 1. The van der Waals surface area contributed by atoms with Gasteiger partial charge >= 0.3 is 0 Å². The fraction of sp³-hybridized carbons (Fsp3) is 0.296. The molecule has 180 valence electrons. The number of aldehydes is 1. The number of nitrogens with one attached hydrogen (secondary N) is 1. The van der Waals surface area contributed by atoms with Crippen LogP contribution in [0.3, 0.4) is 0 Å². The molecule has 0 bridgehead atoms. The zero-order valence-corrected chi connectivity index (χ0v) is 21.6. The molecule has 0 spiro atoms. The number of benzene rings is 2. The Balaban J connectivity index is 0.000000739. The third-order valence-corrected chi connectivity index (χ3v) is 6.29. The van der Waals surface area contributed by atoms with Gasteiger partial charge in [0.2, 0.25) is 0 Å². The number of nitrogen functional groups attached to an aromatic ring is 1. The fourth-order valence-electron chi connectivity index (χ4n) is 3.17. The second-order valence-electron chi connectivity index (χ2n) is 8.27. The predicted octanol–water partition coefficient (Wildman–Crippen LogP) is 5.88. The third-order valence-electron chi connectivity index (χ3n) is 4.98. The number of pyridine rings is 1. The summed E-state index contributed by atoms with van der Waals surface area (Å²) in [4.78, 5) is 25.9. The van der Waals surface area contributed by atoms with E-state index in [4.69, 9.17) is 10.5 Å². The Morgan fingerprint density at radius 1 is 1.15 bits per heavy atom. The van der Waals surface area contributed by atoms with Crippen LogP contribution in [0, 0.1) is 5.92 Å². The first-order valence-corrected chi connectivity index (χ1v) is 13.4. The van der Waals surface area contributed by atoms with Crippen LogP contribution in [0.1, 0.15) is 37.6 Å². The van der Waals surface area contributed by atoms with Crippen molar-refractivity contribution in [3.8, 4) is 16.9 Å². The van der Waals surface area contributed by atoms with Gasteiger partial charge in [0.25, 0.3) is 0 Å². The number of methoxy groups -OCH3 is 1. The quantitative estimate of drug-likeness (QED) is 0.238. The van der Waals surface area contributed by atoms with E-state index in [0.717, 1.165) is 23.1 Å². The maximum Gasteiger partial charge on any atom is 0.166 e. The number of anilines is 3. The molecule has 0 fully saturated rings. The normalized spacial score (nSPS) is 10.5. The van der Waals surface area contributed by atoms with Gasteiger partial charge in [-0.05, 0) is 36.3 Å². The fourth-order valence-corrected chi connectivity index (χ4v) is 3.95. The molecule has 7 heteroatoms. The molecule has 0 amide bonds. The minimum absolute atomic E-state index is 0.00192. The topological polar surface area (TPSA) is 94.3 Å². The first-order valence-electron chi connectivity index (χ1n) is 11.2. The first-order chi connectivity index (χ1) is 16.2. The molecule has 3 rings (SSSR count). The molecule has 2 aromatic carbocycles. The summed E-state index contributed by atoms with van der Waals surface area (Å²) in [6.45, 7) is 10.0. The number of carbonyl (C=O) groups is 2. The van der Waals surface area contributed by atoms with E-state index in [9.17, 15) is 9.59 Å². The minimum atomic E-state index is -0.196. The highest BCUT2D eigenvalue weighted by Crippen LogP contribution is 2.39. The number of aromatic nitrogens is 1. The maximum atomic E-state index is 12.3. The van der Waals surface area contributed by atoms with Crippen molar-refractivity contribution in [2.45, 2.75) is 27.2 Å². The Kier molecular flexibility index (Phi) is 10.2. The number of nitrogens with zero attached hydrogens (tertiary/aromatic N) is 1. The zero-order chi connectivity index (χ0) is 25.3. The highest BCUT2D eigenvalue weighted by atomic mass is 31.1. The molecule has 34 heavy (non-hydrogen) atoms. The summed E-state index contributed by atoms with van der Waals surface area (Å²) in [7, 11) is 1.46. The highest BCUT2D eigenvalue weighted by Gasteiger charge is 2.16. The van der Waals surface area contributed by atoms with Gasteiger partial charge in [0.05, 0.1) is 24.0 Å². The van der Waals surface area contributed by atoms with Crippen LogP contribution in [0.25, 0.3) is 11.1 Å². The van der Waals surface area contributed by atoms with Gasteiger partial charge in [-0.1, -0.05) is 59.0 Å². The van der Waals surface area contributed by atoms with E-state index >= 15 is 0 Å². The van der Waals surface area contributed by atoms with Gasteiger partial charge in [0.1, 0.15) is 17.9 Å². The standard InChI is InChI=1S/C23H26N3O2P.C4H8O/c1-5-21(27)18-14-25-22(24)13-20(18)26-19-11-7-10-17(23(19)28-2)15-8-6-9-16(12-15)29(3)4;1-4(2)3-5/h6-14H,5H2,1-4H3,(H3,24,25,26);3-4H,1-2H3. The van der Waals surface area contributed by atoms with E-state index in [1.165, 1.54) is 11.5 Å². The molecule has 3 aromatic rings. The monoisotopic (exact) mass is 479 g/mol. The lowest BCUT2D eigenvalue weighted by Gasteiger charge is -2.18. The molecule has 6 nitrogen and oxygen atoms in total. The summed E-state index contributed by atoms with van der Waals surface area (Å²) in [5.74, 6) is 1.27. The second kappa shape index (κ2) is 12.9. The van der Waals surface area contributed by atoms with Crippen molar-refractivity contribution in [3.63, 3.8) is 0 Å². The number of ketones is 1. The predicted molar refractivity (Wildman–Crippen MR) is 144 cm³/mol. The SMILES string of the molecule is CC(C)C=O.CCC(=O)c1cnc(N)cc1Nc1cccc(-c2cccc(P(C)C)c2)c1OC. The summed E-state index contributed by atoms with van der Waals surface area (Å²) in [6.07, 6.45) is 2.83. The van der Waals surface area contributed by atoms with Crippen LogP contribution in [0.4, 0.5) is 17.2 Å². The van der Waals surface area contributed by atoms with Crippen LogP contribution in [-0.2, 0) is 4.79 Å². The van der Waals surface area contributed by atoms with Gasteiger partial charge in [-0.2, -0.15) is 0 Å². The van der Waals surface area contributed by atoms with Crippen molar-refractivity contribution in [2.24, 2.45) is 5.92 Å². The number of hydrogen-bond acceptors (Lipinski definition) is 6. The Morgan fingerprint density at radius 3 is 2.41 bits per heavy atom. The van der Waals surface area contributed by atoms with Gasteiger partial charge in [-0.15, -0.1) is 0 Å². The Labute approximate surface area is 203 Å². The molecular formula is C27H34N3O3P. The minimum Gasteiger partial charge on any atom is -0.494 e. The molecule has 0 saturated heterocycles. The molecule has 0 aliphatic rings. The van der Waals surface area contributed by atoms with Gasteiger partial charge in [0, 0.05) is 30.2 Å². The first kappa shape index (κ1) is 27.0. The molecule has 3 N–H and O–H groups in total. The summed E-state index contributed by atoms with van der Waals surface area (Å²) in [6, 6.07) is 16.1. The number of hydrogen-bond donors (Lipinski definition) is 2. The molecule has 0 aliphatic heterocycles. The van der Waals surface area contributed by atoms with Crippen LogP contribution < -0.4 is 21.1 Å². The van der Waals surface area contributed by atoms with E-state index in [1.54, 1.807) is 13.2 Å². The second-order valence-corrected chi connectivity index (χ2v) is 10.6. The number of rotatable bonds is 8. The lowest BCUT2D eigenvalue weighted by atomic mass is 10.0. The van der Waals surface area contributed by atoms with E-state index < -0.39 is 0 Å².